The molecule has 4 unspecified atom stereocenters. The van der Waals surface area contributed by atoms with Crippen LogP contribution in [0.25, 0.3) is 11.1 Å². The van der Waals surface area contributed by atoms with Crippen LogP contribution < -0.4 is 10.5 Å². The van der Waals surface area contributed by atoms with Gasteiger partial charge in [0.15, 0.2) is 0 Å². The van der Waals surface area contributed by atoms with Gasteiger partial charge in [-0.3, -0.25) is 0 Å². The van der Waals surface area contributed by atoms with Crippen LogP contribution in [0.3, 0.4) is 0 Å². The lowest BCUT2D eigenvalue weighted by Gasteiger charge is -2.31. The third kappa shape index (κ3) is 2.75. The van der Waals surface area contributed by atoms with Gasteiger partial charge in [-0.1, -0.05) is 61.2 Å². The maximum atomic E-state index is 6.54. The fraction of sp³-hybridized carbons (Fsp3) is 0.478. The molecule has 1 fully saturated rings. The largest absolute Gasteiger partial charge is 0.483 e. The van der Waals surface area contributed by atoms with Crippen LogP contribution in [0.5, 0.6) is 5.75 Å². The van der Waals surface area contributed by atoms with Gasteiger partial charge >= 0.3 is 0 Å². The van der Waals surface area contributed by atoms with Gasteiger partial charge in [0.2, 0.25) is 0 Å². The van der Waals surface area contributed by atoms with Gasteiger partial charge in [-0.05, 0) is 48.8 Å². The molecule has 4 atom stereocenters. The second-order valence-electron chi connectivity index (χ2n) is 8.38. The molecule has 0 aromatic heterocycles. The molecule has 3 aliphatic rings. The van der Waals surface area contributed by atoms with Crippen LogP contribution in [0, 0.1) is 11.8 Å². The number of para-hydroxylation sites is 1. The van der Waals surface area contributed by atoms with Crippen molar-refractivity contribution in [1.29, 1.82) is 0 Å². The molecule has 2 aromatic carbocycles. The van der Waals surface area contributed by atoms with Gasteiger partial charge in [-0.25, -0.2) is 0 Å². The summed E-state index contributed by atoms with van der Waals surface area (Å²) < 4.78 is 6.54. The Labute approximate surface area is 160 Å². The van der Waals surface area contributed by atoms with Crippen molar-refractivity contribution in [3.05, 3.63) is 52.5 Å². The molecule has 136 valence electrons. The van der Waals surface area contributed by atoms with E-state index in [0.29, 0.717) is 12.0 Å². The Morgan fingerprint density at radius 2 is 1.85 bits per heavy atom. The molecule has 3 heteroatoms. The van der Waals surface area contributed by atoms with E-state index in [1.54, 1.807) is 0 Å². The van der Waals surface area contributed by atoms with Crippen LogP contribution in [0.4, 0.5) is 0 Å². The lowest BCUT2D eigenvalue weighted by Crippen LogP contribution is -2.25. The summed E-state index contributed by atoms with van der Waals surface area (Å²) in [5.74, 6) is 2.13. The summed E-state index contributed by atoms with van der Waals surface area (Å²) in [7, 11) is 0. The number of rotatable bonds is 2. The molecule has 0 saturated heterocycles. The minimum Gasteiger partial charge on any atom is -0.483 e. The van der Waals surface area contributed by atoms with Crippen molar-refractivity contribution in [3.63, 3.8) is 0 Å². The Balaban J connectivity index is 1.48. The maximum Gasteiger partial charge on any atom is 0.146 e. The molecule has 5 rings (SSSR count). The fourth-order valence-electron chi connectivity index (χ4n) is 5.46. The number of hydrogen-bond donors (Lipinski definition) is 1. The van der Waals surface area contributed by atoms with Crippen LogP contribution >= 0.6 is 11.6 Å². The zero-order chi connectivity index (χ0) is 17.7. The average Bonchev–Trinajstić information content (AvgIpc) is 2.84. The van der Waals surface area contributed by atoms with Crippen molar-refractivity contribution in [1.82, 2.24) is 0 Å². The van der Waals surface area contributed by atoms with E-state index in [1.165, 1.54) is 55.2 Å². The Bertz CT molecular complexity index is 833. The monoisotopic (exact) mass is 367 g/mol. The van der Waals surface area contributed by atoms with E-state index in [0.717, 1.165) is 28.7 Å². The summed E-state index contributed by atoms with van der Waals surface area (Å²) in [5.41, 5.74) is 11.6. The maximum absolute atomic E-state index is 6.54. The number of benzene rings is 2. The van der Waals surface area contributed by atoms with Crippen molar-refractivity contribution in [2.45, 2.75) is 57.1 Å². The standard InChI is InChI=1S/C23H26ClNO/c24-20-10-4-9-19-18-8-3-6-15-13-16(22(21(15)18)26-23(19)20)11-14-5-1-2-7-17(25)12-14/h3-4,6,8-10,14,16-17,22H,1-2,5,7,11-13,25H2. The van der Waals surface area contributed by atoms with Crippen molar-refractivity contribution in [2.75, 3.05) is 0 Å². The number of nitrogens with two attached hydrogens (primary N) is 1. The Kier molecular flexibility index (Phi) is 4.21. The van der Waals surface area contributed by atoms with Gasteiger partial charge in [0, 0.05) is 23.1 Å². The zero-order valence-corrected chi connectivity index (χ0v) is 15.8. The van der Waals surface area contributed by atoms with Crippen LogP contribution in [-0.4, -0.2) is 6.04 Å². The first-order valence-corrected chi connectivity index (χ1v) is 10.4. The van der Waals surface area contributed by atoms with Gasteiger partial charge in [0.25, 0.3) is 0 Å². The molecule has 1 heterocycles. The predicted molar refractivity (Wildman–Crippen MR) is 107 cm³/mol. The molecule has 2 aliphatic carbocycles. The average molecular weight is 368 g/mol. The third-order valence-corrected chi connectivity index (χ3v) is 6.90. The number of ether oxygens (including phenoxy) is 1. The van der Waals surface area contributed by atoms with E-state index in [2.05, 4.69) is 24.3 Å². The summed E-state index contributed by atoms with van der Waals surface area (Å²) >= 11 is 6.49. The van der Waals surface area contributed by atoms with Crippen molar-refractivity contribution < 1.29 is 4.74 Å². The summed E-state index contributed by atoms with van der Waals surface area (Å²) in [6.45, 7) is 0. The Morgan fingerprint density at radius 3 is 2.77 bits per heavy atom. The zero-order valence-electron chi connectivity index (χ0n) is 15.1. The van der Waals surface area contributed by atoms with Gasteiger partial charge in [-0.2, -0.15) is 0 Å². The normalized spacial score (nSPS) is 29.5. The van der Waals surface area contributed by atoms with Crippen molar-refractivity contribution >= 4 is 11.6 Å². The number of fused-ring (bicyclic) bond motifs is 2. The van der Waals surface area contributed by atoms with E-state index in [1.807, 2.05) is 12.1 Å². The molecule has 0 amide bonds. The lowest BCUT2D eigenvalue weighted by molar-refractivity contribution is 0.126. The summed E-state index contributed by atoms with van der Waals surface area (Å²) in [6, 6.07) is 13.2. The molecule has 0 bridgehead atoms. The molecule has 2 aromatic rings. The van der Waals surface area contributed by atoms with E-state index in [9.17, 15) is 0 Å². The van der Waals surface area contributed by atoms with Crippen molar-refractivity contribution in [2.24, 2.45) is 17.6 Å². The third-order valence-electron chi connectivity index (χ3n) is 6.60. The first-order valence-electron chi connectivity index (χ1n) is 10.0. The quantitative estimate of drug-likeness (QED) is 0.669. The second-order valence-corrected chi connectivity index (χ2v) is 8.79. The number of hydrogen-bond acceptors (Lipinski definition) is 2. The first kappa shape index (κ1) is 16.6. The van der Waals surface area contributed by atoms with Gasteiger partial charge < -0.3 is 10.5 Å². The number of halogens is 1. The van der Waals surface area contributed by atoms with E-state index in [4.69, 9.17) is 22.1 Å². The first-order chi connectivity index (χ1) is 12.7. The smallest absolute Gasteiger partial charge is 0.146 e. The van der Waals surface area contributed by atoms with Crippen LogP contribution in [0.15, 0.2) is 36.4 Å². The minimum atomic E-state index is 0.146. The summed E-state index contributed by atoms with van der Waals surface area (Å²) in [5, 5.41) is 0.723. The molecule has 0 radical (unpaired) electrons. The van der Waals surface area contributed by atoms with Gasteiger partial charge in [0.1, 0.15) is 11.9 Å². The van der Waals surface area contributed by atoms with Crippen molar-refractivity contribution in [3.8, 4) is 16.9 Å². The summed E-state index contributed by atoms with van der Waals surface area (Å²) in [4.78, 5) is 0. The highest BCUT2D eigenvalue weighted by atomic mass is 35.5. The molecule has 2 nitrogen and oxygen atoms in total. The lowest BCUT2D eigenvalue weighted by atomic mass is 9.84. The predicted octanol–water partition coefficient (Wildman–Crippen LogP) is 5.91. The molecular weight excluding hydrogens is 342 g/mol. The molecule has 26 heavy (non-hydrogen) atoms. The molecular formula is C23H26ClNO. The van der Waals surface area contributed by atoms with E-state index >= 15 is 0 Å². The van der Waals surface area contributed by atoms with Gasteiger partial charge in [-0.15, -0.1) is 0 Å². The van der Waals surface area contributed by atoms with Crippen LogP contribution in [0.2, 0.25) is 5.02 Å². The SMILES string of the molecule is NC1CCCCC(CC2Cc3cccc4c3C2Oc2c(Cl)cccc2-4)C1. The molecule has 2 N–H and O–H groups in total. The van der Waals surface area contributed by atoms with Gasteiger partial charge in [0.05, 0.1) is 5.02 Å². The second kappa shape index (κ2) is 6.58. The summed E-state index contributed by atoms with van der Waals surface area (Å²) in [6.07, 6.45) is 8.76. The molecule has 0 spiro atoms. The highest BCUT2D eigenvalue weighted by Crippen LogP contribution is 2.54. The minimum absolute atomic E-state index is 0.146. The van der Waals surface area contributed by atoms with Crippen LogP contribution in [0.1, 0.15) is 55.8 Å². The molecule has 1 aliphatic heterocycles. The highest BCUT2D eigenvalue weighted by molar-refractivity contribution is 6.32. The van der Waals surface area contributed by atoms with Crippen LogP contribution in [-0.2, 0) is 6.42 Å². The fourth-order valence-corrected chi connectivity index (χ4v) is 5.68. The molecule has 1 saturated carbocycles. The highest BCUT2D eigenvalue weighted by Gasteiger charge is 2.41. The van der Waals surface area contributed by atoms with E-state index in [-0.39, 0.29) is 6.10 Å². The van der Waals surface area contributed by atoms with E-state index < -0.39 is 0 Å². The Hall–Kier alpha value is -1.51. The topological polar surface area (TPSA) is 35.2 Å². The Morgan fingerprint density at radius 1 is 1.04 bits per heavy atom.